The van der Waals surface area contributed by atoms with Gasteiger partial charge in [-0.15, -0.1) is 0 Å². The van der Waals surface area contributed by atoms with Gasteiger partial charge >= 0.3 is 0 Å². The largest absolute Gasteiger partial charge is 0.329 e. The predicted molar refractivity (Wildman–Crippen MR) is 81.7 cm³/mol. The number of nitrogens with one attached hydrogen (secondary N) is 1. The van der Waals surface area contributed by atoms with Gasteiger partial charge in [0.2, 0.25) is 10.0 Å². The molecule has 1 aliphatic rings. The lowest BCUT2D eigenvalue weighted by Gasteiger charge is -2.23. The second-order valence-electron chi connectivity index (χ2n) is 5.60. The molecule has 0 bridgehead atoms. The van der Waals surface area contributed by atoms with Crippen molar-refractivity contribution >= 4 is 10.0 Å². The van der Waals surface area contributed by atoms with Crippen LogP contribution in [0.3, 0.4) is 0 Å². The van der Waals surface area contributed by atoms with Crippen molar-refractivity contribution in [1.29, 1.82) is 0 Å². The second kappa shape index (κ2) is 7.20. The summed E-state index contributed by atoms with van der Waals surface area (Å²) < 4.78 is 27.3. The van der Waals surface area contributed by atoms with Crippen LogP contribution in [0.25, 0.3) is 0 Å². The van der Waals surface area contributed by atoms with E-state index in [-0.39, 0.29) is 18.3 Å². The first kappa shape index (κ1) is 15.5. The fourth-order valence-corrected chi connectivity index (χ4v) is 4.58. The third-order valence-corrected chi connectivity index (χ3v) is 5.49. The summed E-state index contributed by atoms with van der Waals surface area (Å²) in [6.45, 7) is 0.272. The molecule has 0 spiro atoms. The van der Waals surface area contributed by atoms with E-state index in [0.717, 1.165) is 31.2 Å². The minimum atomic E-state index is -3.27. The summed E-state index contributed by atoms with van der Waals surface area (Å²) in [6, 6.07) is 9.18. The molecule has 1 aromatic rings. The SMILES string of the molecule is NCC(NS(=O)(=O)CC1CCCCC1)c1ccccc1. The summed E-state index contributed by atoms with van der Waals surface area (Å²) in [6.07, 6.45) is 5.59. The molecule has 0 amide bonds. The zero-order valence-electron chi connectivity index (χ0n) is 11.8. The van der Waals surface area contributed by atoms with E-state index < -0.39 is 10.0 Å². The first-order valence-electron chi connectivity index (χ1n) is 7.36. The van der Waals surface area contributed by atoms with Gasteiger partial charge in [-0.05, 0) is 24.3 Å². The Hall–Kier alpha value is -0.910. The molecule has 20 heavy (non-hydrogen) atoms. The van der Waals surface area contributed by atoms with E-state index in [1.807, 2.05) is 30.3 Å². The Balaban J connectivity index is 1.98. The molecular formula is C15H24N2O2S. The summed E-state index contributed by atoms with van der Waals surface area (Å²) in [4.78, 5) is 0. The first-order chi connectivity index (χ1) is 9.61. The van der Waals surface area contributed by atoms with E-state index in [4.69, 9.17) is 5.73 Å². The van der Waals surface area contributed by atoms with Crippen LogP contribution >= 0.6 is 0 Å². The van der Waals surface area contributed by atoms with Crippen LogP contribution in [0.4, 0.5) is 0 Å². The third kappa shape index (κ3) is 4.58. The van der Waals surface area contributed by atoms with Crippen molar-refractivity contribution in [2.75, 3.05) is 12.3 Å². The zero-order chi connectivity index (χ0) is 14.4. The molecule has 3 N–H and O–H groups in total. The van der Waals surface area contributed by atoms with E-state index in [1.165, 1.54) is 6.42 Å². The molecule has 112 valence electrons. The van der Waals surface area contributed by atoms with Gasteiger partial charge in [0.25, 0.3) is 0 Å². The van der Waals surface area contributed by atoms with Crippen molar-refractivity contribution in [2.24, 2.45) is 11.7 Å². The fourth-order valence-electron chi connectivity index (χ4n) is 2.87. The van der Waals surface area contributed by atoms with Crippen molar-refractivity contribution in [3.8, 4) is 0 Å². The quantitative estimate of drug-likeness (QED) is 0.845. The molecule has 0 radical (unpaired) electrons. The summed E-state index contributed by atoms with van der Waals surface area (Å²) in [7, 11) is -3.27. The first-order valence-corrected chi connectivity index (χ1v) is 9.01. The maximum absolute atomic E-state index is 12.3. The van der Waals surface area contributed by atoms with Gasteiger partial charge in [-0.25, -0.2) is 13.1 Å². The molecule has 5 heteroatoms. The smallest absolute Gasteiger partial charge is 0.212 e. The molecule has 1 fully saturated rings. The van der Waals surface area contributed by atoms with Gasteiger partial charge in [0.15, 0.2) is 0 Å². The Morgan fingerprint density at radius 3 is 2.40 bits per heavy atom. The molecule has 1 saturated carbocycles. The van der Waals surface area contributed by atoms with E-state index >= 15 is 0 Å². The van der Waals surface area contributed by atoms with Crippen molar-refractivity contribution in [3.05, 3.63) is 35.9 Å². The topological polar surface area (TPSA) is 72.2 Å². The van der Waals surface area contributed by atoms with Crippen LogP contribution < -0.4 is 10.5 Å². The second-order valence-corrected chi connectivity index (χ2v) is 7.40. The highest BCUT2D eigenvalue weighted by Crippen LogP contribution is 2.25. The van der Waals surface area contributed by atoms with Crippen LogP contribution in [0.5, 0.6) is 0 Å². The minimum absolute atomic E-state index is 0.232. The van der Waals surface area contributed by atoms with Gasteiger partial charge in [-0.2, -0.15) is 0 Å². The van der Waals surface area contributed by atoms with Gasteiger partial charge < -0.3 is 5.73 Å². The van der Waals surface area contributed by atoms with Gasteiger partial charge in [0, 0.05) is 6.54 Å². The summed E-state index contributed by atoms with van der Waals surface area (Å²) >= 11 is 0. The van der Waals surface area contributed by atoms with Crippen LogP contribution in [-0.2, 0) is 10.0 Å². The number of rotatable bonds is 6. The highest BCUT2D eigenvalue weighted by molar-refractivity contribution is 7.89. The Kier molecular flexibility index (Phi) is 5.57. The van der Waals surface area contributed by atoms with E-state index in [0.29, 0.717) is 5.92 Å². The van der Waals surface area contributed by atoms with E-state index in [2.05, 4.69) is 4.72 Å². The summed E-state index contributed by atoms with van der Waals surface area (Å²) in [5.41, 5.74) is 6.64. The van der Waals surface area contributed by atoms with Crippen molar-refractivity contribution < 1.29 is 8.42 Å². The average Bonchev–Trinajstić information content (AvgIpc) is 2.46. The number of hydrogen-bond acceptors (Lipinski definition) is 3. The number of sulfonamides is 1. The van der Waals surface area contributed by atoms with Gasteiger partial charge in [0.05, 0.1) is 11.8 Å². The third-order valence-electron chi connectivity index (χ3n) is 3.94. The van der Waals surface area contributed by atoms with Crippen LogP contribution in [0.2, 0.25) is 0 Å². The van der Waals surface area contributed by atoms with Crippen LogP contribution in [0.1, 0.15) is 43.7 Å². The molecule has 1 atom stereocenters. The fraction of sp³-hybridized carbons (Fsp3) is 0.600. The van der Waals surface area contributed by atoms with Gasteiger partial charge in [-0.1, -0.05) is 49.6 Å². The van der Waals surface area contributed by atoms with Crippen molar-refractivity contribution in [2.45, 2.75) is 38.1 Å². The lowest BCUT2D eigenvalue weighted by molar-refractivity contribution is 0.383. The van der Waals surface area contributed by atoms with Gasteiger partial charge in [-0.3, -0.25) is 0 Å². The highest BCUT2D eigenvalue weighted by atomic mass is 32.2. The Labute approximate surface area is 121 Å². The molecule has 4 nitrogen and oxygen atoms in total. The number of nitrogens with two attached hydrogens (primary N) is 1. The van der Waals surface area contributed by atoms with Crippen molar-refractivity contribution in [1.82, 2.24) is 4.72 Å². The molecule has 0 aliphatic heterocycles. The van der Waals surface area contributed by atoms with Crippen LogP contribution in [0.15, 0.2) is 30.3 Å². The molecule has 1 aliphatic carbocycles. The van der Waals surface area contributed by atoms with Crippen LogP contribution in [0, 0.1) is 5.92 Å². The van der Waals surface area contributed by atoms with Crippen molar-refractivity contribution in [3.63, 3.8) is 0 Å². The van der Waals surface area contributed by atoms with Gasteiger partial charge in [0.1, 0.15) is 0 Å². The highest BCUT2D eigenvalue weighted by Gasteiger charge is 2.24. The molecule has 1 unspecified atom stereocenters. The maximum Gasteiger partial charge on any atom is 0.212 e. The Morgan fingerprint density at radius 2 is 1.80 bits per heavy atom. The zero-order valence-corrected chi connectivity index (χ0v) is 12.6. The molecule has 0 heterocycles. The standard InChI is InChI=1S/C15H24N2O2S/c16-11-15(14-9-5-2-6-10-14)17-20(18,19)12-13-7-3-1-4-8-13/h2,5-6,9-10,13,15,17H,1,3-4,7-8,11-12,16H2. The lowest BCUT2D eigenvalue weighted by atomic mass is 9.91. The Morgan fingerprint density at radius 1 is 1.15 bits per heavy atom. The molecular weight excluding hydrogens is 272 g/mol. The lowest BCUT2D eigenvalue weighted by Crippen LogP contribution is -2.37. The van der Waals surface area contributed by atoms with Crippen LogP contribution in [-0.4, -0.2) is 20.7 Å². The maximum atomic E-state index is 12.3. The normalized spacial score (nSPS) is 18.9. The molecule has 2 rings (SSSR count). The number of hydrogen-bond donors (Lipinski definition) is 2. The molecule has 0 saturated heterocycles. The molecule has 0 aromatic heterocycles. The summed E-state index contributed by atoms with van der Waals surface area (Å²) in [5.74, 6) is 0.534. The monoisotopic (exact) mass is 296 g/mol. The molecule has 1 aromatic carbocycles. The Bertz CT molecular complexity index is 496. The predicted octanol–water partition coefficient (Wildman–Crippen LogP) is 2.19. The minimum Gasteiger partial charge on any atom is -0.329 e. The van der Waals surface area contributed by atoms with E-state index in [9.17, 15) is 8.42 Å². The average molecular weight is 296 g/mol. The number of benzene rings is 1. The summed E-state index contributed by atoms with van der Waals surface area (Å²) in [5, 5.41) is 0. The van der Waals surface area contributed by atoms with E-state index in [1.54, 1.807) is 0 Å².